The number of thiazole rings is 1. The Balaban J connectivity index is 2.23. The van der Waals surface area contributed by atoms with Crippen molar-refractivity contribution in [2.75, 3.05) is 7.11 Å². The van der Waals surface area contributed by atoms with Crippen LogP contribution in [0, 0.1) is 6.92 Å². The summed E-state index contributed by atoms with van der Waals surface area (Å²) in [6.07, 6.45) is 4.59. The van der Waals surface area contributed by atoms with Crippen LogP contribution in [-0.2, 0) is 9.53 Å². The maximum Gasteiger partial charge on any atom is 0.314 e. The Morgan fingerprint density at radius 3 is 2.76 bits per heavy atom. The molecule has 0 amide bonds. The van der Waals surface area contributed by atoms with Gasteiger partial charge in [-0.25, -0.2) is 4.98 Å². The number of carbonyl (C=O) groups is 1. The number of methoxy groups -OCH3 is 1. The Hall–Kier alpha value is -0.900. The average Bonchev–Trinajstić information content (AvgIpc) is 2.59. The van der Waals surface area contributed by atoms with E-state index < -0.39 is 0 Å². The van der Waals surface area contributed by atoms with Gasteiger partial charge in [-0.2, -0.15) is 0 Å². The number of carbonyl (C=O) groups excluding carboxylic acids is 1. The monoisotopic (exact) mass is 253 g/mol. The number of aryl methyl sites for hydroxylation is 1. The van der Waals surface area contributed by atoms with E-state index in [1.165, 1.54) is 31.4 Å². The molecule has 1 fully saturated rings. The molecule has 0 aromatic carbocycles. The fourth-order valence-corrected chi connectivity index (χ4v) is 3.59. The van der Waals surface area contributed by atoms with Gasteiger partial charge in [-0.15, -0.1) is 11.3 Å². The quantitative estimate of drug-likeness (QED) is 0.772. The lowest BCUT2D eigenvalue weighted by molar-refractivity contribution is -0.142. The lowest BCUT2D eigenvalue weighted by Crippen LogP contribution is -2.13. The Labute approximate surface area is 106 Å². The lowest BCUT2D eigenvalue weighted by atomic mass is 9.86. The summed E-state index contributed by atoms with van der Waals surface area (Å²) in [5.41, 5.74) is 1.01. The summed E-state index contributed by atoms with van der Waals surface area (Å²) >= 11 is 1.71. The molecule has 94 valence electrons. The molecular weight excluding hydrogens is 234 g/mol. The summed E-state index contributed by atoms with van der Waals surface area (Å²) in [6, 6.07) is 0. The SMILES string of the molecule is CCC(C(=O)OC)c1sc(C2CCC2)nc1C. The molecule has 4 heteroatoms. The number of ether oxygens (including phenoxy) is 1. The predicted octanol–water partition coefficient (Wildman–Crippen LogP) is 3.39. The number of hydrogen-bond donors (Lipinski definition) is 0. The Morgan fingerprint density at radius 1 is 1.59 bits per heavy atom. The fraction of sp³-hybridized carbons (Fsp3) is 0.692. The smallest absolute Gasteiger partial charge is 0.314 e. The van der Waals surface area contributed by atoms with Gasteiger partial charge in [0.1, 0.15) is 0 Å². The van der Waals surface area contributed by atoms with Gasteiger partial charge in [0.05, 0.1) is 23.7 Å². The Morgan fingerprint density at radius 2 is 2.29 bits per heavy atom. The van der Waals surface area contributed by atoms with Gasteiger partial charge in [0.15, 0.2) is 0 Å². The van der Waals surface area contributed by atoms with Gasteiger partial charge in [-0.05, 0) is 26.2 Å². The Kier molecular flexibility index (Phi) is 3.82. The second kappa shape index (κ2) is 5.17. The van der Waals surface area contributed by atoms with E-state index in [-0.39, 0.29) is 11.9 Å². The molecule has 0 saturated heterocycles. The highest BCUT2D eigenvalue weighted by atomic mass is 32.1. The molecule has 1 aliphatic carbocycles. The van der Waals surface area contributed by atoms with Gasteiger partial charge in [0, 0.05) is 10.8 Å². The molecule has 1 aromatic heterocycles. The van der Waals surface area contributed by atoms with Crippen molar-refractivity contribution in [2.45, 2.75) is 51.4 Å². The van der Waals surface area contributed by atoms with E-state index in [0.29, 0.717) is 5.92 Å². The van der Waals surface area contributed by atoms with E-state index in [2.05, 4.69) is 4.98 Å². The van der Waals surface area contributed by atoms with Crippen LogP contribution in [-0.4, -0.2) is 18.1 Å². The van der Waals surface area contributed by atoms with Crippen molar-refractivity contribution in [3.8, 4) is 0 Å². The third-order valence-electron chi connectivity index (χ3n) is 3.51. The van der Waals surface area contributed by atoms with Crippen molar-refractivity contribution < 1.29 is 9.53 Å². The lowest BCUT2D eigenvalue weighted by Gasteiger charge is -2.22. The molecule has 3 nitrogen and oxygen atoms in total. The van der Waals surface area contributed by atoms with Crippen LogP contribution in [0.15, 0.2) is 0 Å². The number of esters is 1. The third kappa shape index (κ3) is 2.37. The normalized spacial score (nSPS) is 17.6. The fourth-order valence-electron chi connectivity index (χ4n) is 2.18. The number of nitrogens with zero attached hydrogens (tertiary/aromatic N) is 1. The van der Waals surface area contributed by atoms with Gasteiger partial charge < -0.3 is 4.74 Å². The van der Waals surface area contributed by atoms with Crippen LogP contribution in [0.3, 0.4) is 0 Å². The molecular formula is C13H19NO2S. The molecule has 1 unspecified atom stereocenters. The van der Waals surface area contributed by atoms with Crippen molar-refractivity contribution in [1.29, 1.82) is 0 Å². The highest BCUT2D eigenvalue weighted by Gasteiger charge is 2.28. The summed E-state index contributed by atoms with van der Waals surface area (Å²) in [7, 11) is 1.45. The van der Waals surface area contributed by atoms with Crippen molar-refractivity contribution in [1.82, 2.24) is 4.98 Å². The van der Waals surface area contributed by atoms with Crippen molar-refractivity contribution >= 4 is 17.3 Å². The van der Waals surface area contributed by atoms with Crippen LogP contribution in [0.5, 0.6) is 0 Å². The average molecular weight is 253 g/mol. The molecule has 0 radical (unpaired) electrons. The first-order valence-corrected chi connectivity index (χ1v) is 7.04. The zero-order valence-electron chi connectivity index (χ0n) is 10.7. The van der Waals surface area contributed by atoms with Gasteiger partial charge in [-0.1, -0.05) is 13.3 Å². The predicted molar refractivity (Wildman–Crippen MR) is 68.5 cm³/mol. The number of aromatic nitrogens is 1. The van der Waals surface area contributed by atoms with Gasteiger partial charge in [-0.3, -0.25) is 4.79 Å². The second-order valence-corrected chi connectivity index (χ2v) is 5.68. The highest BCUT2D eigenvalue weighted by molar-refractivity contribution is 7.12. The first-order chi connectivity index (χ1) is 8.17. The molecule has 1 saturated carbocycles. The summed E-state index contributed by atoms with van der Waals surface area (Å²) in [5, 5.41) is 1.21. The summed E-state index contributed by atoms with van der Waals surface area (Å²) in [6.45, 7) is 4.02. The van der Waals surface area contributed by atoms with Crippen molar-refractivity contribution in [3.05, 3.63) is 15.6 Å². The van der Waals surface area contributed by atoms with Crippen molar-refractivity contribution in [2.24, 2.45) is 0 Å². The van der Waals surface area contributed by atoms with Gasteiger partial charge in [0.2, 0.25) is 0 Å². The van der Waals surface area contributed by atoms with E-state index in [0.717, 1.165) is 17.0 Å². The first kappa shape index (κ1) is 12.6. The molecule has 0 aliphatic heterocycles. The minimum atomic E-state index is -0.139. The zero-order valence-corrected chi connectivity index (χ0v) is 11.5. The van der Waals surface area contributed by atoms with E-state index in [4.69, 9.17) is 4.74 Å². The summed E-state index contributed by atoms with van der Waals surface area (Å²) in [5.74, 6) is 0.369. The molecule has 2 rings (SSSR count). The first-order valence-electron chi connectivity index (χ1n) is 6.22. The maximum absolute atomic E-state index is 11.7. The van der Waals surface area contributed by atoms with Gasteiger partial charge in [0.25, 0.3) is 0 Å². The van der Waals surface area contributed by atoms with E-state index in [9.17, 15) is 4.79 Å². The molecule has 1 heterocycles. The van der Waals surface area contributed by atoms with Crippen LogP contribution in [0.25, 0.3) is 0 Å². The van der Waals surface area contributed by atoms with Crippen LogP contribution < -0.4 is 0 Å². The molecule has 17 heavy (non-hydrogen) atoms. The van der Waals surface area contributed by atoms with Crippen molar-refractivity contribution in [3.63, 3.8) is 0 Å². The standard InChI is InChI=1S/C13H19NO2S/c1-4-10(13(15)16-3)11-8(2)14-12(17-11)9-6-5-7-9/h9-10H,4-7H2,1-3H3. The molecule has 1 atom stereocenters. The van der Waals surface area contributed by atoms with Gasteiger partial charge >= 0.3 is 5.97 Å². The van der Waals surface area contributed by atoms with E-state index >= 15 is 0 Å². The topological polar surface area (TPSA) is 39.2 Å². The minimum Gasteiger partial charge on any atom is -0.469 e. The minimum absolute atomic E-state index is 0.133. The van der Waals surface area contributed by atoms with E-state index in [1.54, 1.807) is 11.3 Å². The van der Waals surface area contributed by atoms with Crippen LogP contribution >= 0.6 is 11.3 Å². The molecule has 1 aromatic rings. The number of rotatable bonds is 4. The largest absolute Gasteiger partial charge is 0.469 e. The summed E-state index contributed by atoms with van der Waals surface area (Å²) in [4.78, 5) is 17.4. The molecule has 0 N–H and O–H groups in total. The van der Waals surface area contributed by atoms with Crippen LogP contribution in [0.4, 0.5) is 0 Å². The van der Waals surface area contributed by atoms with Crippen LogP contribution in [0.2, 0.25) is 0 Å². The summed E-state index contributed by atoms with van der Waals surface area (Å²) < 4.78 is 4.86. The maximum atomic E-state index is 11.7. The molecule has 0 bridgehead atoms. The molecule has 1 aliphatic rings. The third-order valence-corrected chi connectivity index (χ3v) is 4.95. The molecule has 0 spiro atoms. The van der Waals surface area contributed by atoms with Crippen LogP contribution in [0.1, 0.15) is 60.0 Å². The number of hydrogen-bond acceptors (Lipinski definition) is 4. The Bertz CT molecular complexity index is 410. The highest BCUT2D eigenvalue weighted by Crippen LogP contribution is 2.41. The van der Waals surface area contributed by atoms with E-state index in [1.807, 2.05) is 13.8 Å². The zero-order chi connectivity index (χ0) is 12.4. The second-order valence-electron chi connectivity index (χ2n) is 4.61.